The molecule has 2 atom stereocenters. The molecule has 0 radical (unpaired) electrons. The lowest BCUT2D eigenvalue weighted by molar-refractivity contribution is -0.385. The van der Waals surface area contributed by atoms with E-state index in [4.69, 9.17) is 4.74 Å². The van der Waals surface area contributed by atoms with Gasteiger partial charge in [0, 0.05) is 24.1 Å². The summed E-state index contributed by atoms with van der Waals surface area (Å²) in [7, 11) is 0. The Morgan fingerprint density at radius 1 is 1.65 bits per heavy atom. The van der Waals surface area contributed by atoms with Crippen LogP contribution in [0.3, 0.4) is 0 Å². The molecule has 1 aliphatic rings. The molecule has 1 aliphatic carbocycles. The van der Waals surface area contributed by atoms with Gasteiger partial charge in [0.1, 0.15) is 12.0 Å². The summed E-state index contributed by atoms with van der Waals surface area (Å²) in [5.41, 5.74) is -0.0127. The van der Waals surface area contributed by atoms with Crippen LogP contribution in [-0.2, 0) is 4.74 Å². The molecule has 2 unspecified atom stereocenters. The van der Waals surface area contributed by atoms with Crippen molar-refractivity contribution in [2.45, 2.75) is 39.3 Å². The van der Waals surface area contributed by atoms with E-state index in [-0.39, 0.29) is 23.2 Å². The van der Waals surface area contributed by atoms with E-state index in [1.165, 1.54) is 12.3 Å². The van der Waals surface area contributed by atoms with E-state index in [2.05, 4.69) is 40.1 Å². The molecule has 6 nitrogen and oxygen atoms in total. The molecule has 1 saturated carbocycles. The highest BCUT2D eigenvalue weighted by Crippen LogP contribution is 2.44. The van der Waals surface area contributed by atoms with Gasteiger partial charge in [-0.15, -0.1) is 0 Å². The predicted octanol–water partition coefficient (Wildman–Crippen LogP) is 3.37. The topological polar surface area (TPSA) is 77.3 Å². The monoisotopic (exact) mass is 343 g/mol. The Hall–Kier alpha value is -1.21. The average Bonchev–Trinajstić information content (AvgIpc) is 2.39. The zero-order valence-corrected chi connectivity index (χ0v) is 13.3. The number of ether oxygens (including phenoxy) is 1. The first-order valence-corrected chi connectivity index (χ1v) is 7.33. The van der Waals surface area contributed by atoms with Crippen molar-refractivity contribution >= 4 is 27.4 Å². The van der Waals surface area contributed by atoms with Crippen LogP contribution in [0, 0.1) is 15.5 Å². The van der Waals surface area contributed by atoms with E-state index >= 15 is 0 Å². The minimum absolute atomic E-state index is 0.0128. The Kier molecular flexibility index (Phi) is 4.29. The minimum Gasteiger partial charge on any atom is -0.378 e. The van der Waals surface area contributed by atoms with E-state index in [9.17, 15) is 10.1 Å². The summed E-state index contributed by atoms with van der Waals surface area (Å²) in [6, 6.07) is 1.70. The largest absolute Gasteiger partial charge is 0.378 e. The fraction of sp³-hybridized carbons (Fsp3) is 0.615. The van der Waals surface area contributed by atoms with Crippen LogP contribution in [-0.4, -0.2) is 28.7 Å². The number of rotatable bonds is 5. The third-order valence-corrected chi connectivity index (χ3v) is 4.50. The van der Waals surface area contributed by atoms with Crippen molar-refractivity contribution < 1.29 is 9.66 Å². The molecule has 0 amide bonds. The van der Waals surface area contributed by atoms with Crippen molar-refractivity contribution in [3.8, 4) is 0 Å². The first kappa shape index (κ1) is 15.2. The molecule has 110 valence electrons. The first-order valence-electron chi connectivity index (χ1n) is 6.54. The molecule has 1 fully saturated rings. The maximum atomic E-state index is 10.7. The van der Waals surface area contributed by atoms with Crippen LogP contribution in [0.1, 0.15) is 27.2 Å². The number of pyridine rings is 1. The third kappa shape index (κ3) is 2.78. The zero-order chi connectivity index (χ0) is 14.9. The summed E-state index contributed by atoms with van der Waals surface area (Å²) < 4.78 is 6.28. The molecule has 7 heteroatoms. The van der Waals surface area contributed by atoms with Crippen molar-refractivity contribution in [3.05, 3.63) is 26.9 Å². The van der Waals surface area contributed by atoms with Crippen LogP contribution < -0.4 is 5.32 Å². The molecule has 0 aliphatic heterocycles. The lowest BCUT2D eigenvalue weighted by atomic mass is 9.64. The van der Waals surface area contributed by atoms with Gasteiger partial charge >= 0.3 is 0 Å². The van der Waals surface area contributed by atoms with Gasteiger partial charge in [-0.1, -0.05) is 13.8 Å². The second kappa shape index (κ2) is 5.65. The van der Waals surface area contributed by atoms with Crippen molar-refractivity contribution in [2.75, 3.05) is 11.9 Å². The van der Waals surface area contributed by atoms with Gasteiger partial charge in [-0.05, 0) is 29.3 Å². The number of anilines is 1. The van der Waals surface area contributed by atoms with Gasteiger partial charge in [-0.25, -0.2) is 4.98 Å². The van der Waals surface area contributed by atoms with Crippen molar-refractivity contribution in [3.63, 3.8) is 0 Å². The summed E-state index contributed by atoms with van der Waals surface area (Å²) in [6.45, 7) is 6.99. The maximum absolute atomic E-state index is 10.7. The van der Waals surface area contributed by atoms with Crippen LogP contribution in [0.4, 0.5) is 11.5 Å². The van der Waals surface area contributed by atoms with Crippen molar-refractivity contribution in [1.29, 1.82) is 0 Å². The molecule has 1 aromatic rings. The van der Waals surface area contributed by atoms with Gasteiger partial charge in [0.05, 0.1) is 15.5 Å². The van der Waals surface area contributed by atoms with E-state index in [0.29, 0.717) is 16.9 Å². The normalized spacial score (nSPS) is 24.0. The highest BCUT2D eigenvalue weighted by atomic mass is 79.9. The fourth-order valence-corrected chi connectivity index (χ4v) is 2.86. The van der Waals surface area contributed by atoms with Crippen LogP contribution >= 0.6 is 15.9 Å². The van der Waals surface area contributed by atoms with Gasteiger partial charge in [-0.2, -0.15) is 0 Å². The van der Waals surface area contributed by atoms with Gasteiger partial charge < -0.3 is 10.1 Å². The summed E-state index contributed by atoms with van der Waals surface area (Å²) in [5.74, 6) is 0.628. The number of nitrogens with one attached hydrogen (secondary N) is 1. The van der Waals surface area contributed by atoms with Crippen LogP contribution in [0.5, 0.6) is 0 Å². The quantitative estimate of drug-likeness (QED) is 0.655. The SMILES string of the molecule is CCOC1CC(Nc2ncc([N+](=O)[O-])cc2Br)C1(C)C. The second-order valence-electron chi connectivity index (χ2n) is 5.48. The Morgan fingerprint density at radius 2 is 2.35 bits per heavy atom. The molecule has 0 bridgehead atoms. The van der Waals surface area contributed by atoms with Gasteiger partial charge in [0.25, 0.3) is 5.69 Å². The van der Waals surface area contributed by atoms with E-state index in [1.54, 1.807) is 0 Å². The summed E-state index contributed by atoms with van der Waals surface area (Å²) in [6.07, 6.45) is 2.41. The van der Waals surface area contributed by atoms with E-state index < -0.39 is 4.92 Å². The Bertz CT molecular complexity index is 522. The predicted molar refractivity (Wildman–Crippen MR) is 79.8 cm³/mol. The lowest BCUT2D eigenvalue weighted by Gasteiger charge is -2.51. The number of hydrogen-bond donors (Lipinski definition) is 1. The van der Waals surface area contributed by atoms with Crippen molar-refractivity contribution in [2.24, 2.45) is 5.41 Å². The molecule has 1 aromatic heterocycles. The summed E-state index contributed by atoms with van der Waals surface area (Å²) >= 11 is 3.32. The van der Waals surface area contributed by atoms with Gasteiger partial charge in [0.15, 0.2) is 0 Å². The Balaban J connectivity index is 2.07. The van der Waals surface area contributed by atoms with Gasteiger partial charge in [-0.3, -0.25) is 10.1 Å². The lowest BCUT2D eigenvalue weighted by Crippen LogP contribution is -2.58. The molecular formula is C13H18BrN3O3. The van der Waals surface area contributed by atoms with Crippen LogP contribution in [0.25, 0.3) is 0 Å². The first-order chi connectivity index (χ1) is 9.36. The molecule has 0 spiro atoms. The minimum atomic E-state index is -0.458. The van der Waals surface area contributed by atoms with E-state index in [0.717, 1.165) is 6.42 Å². The molecule has 2 rings (SSSR count). The van der Waals surface area contributed by atoms with Crippen LogP contribution in [0.15, 0.2) is 16.7 Å². The summed E-state index contributed by atoms with van der Waals surface area (Å²) in [5, 5.41) is 14.0. The smallest absolute Gasteiger partial charge is 0.288 e. The third-order valence-electron chi connectivity index (χ3n) is 3.89. The highest BCUT2D eigenvalue weighted by Gasteiger charge is 2.49. The van der Waals surface area contributed by atoms with Crippen LogP contribution in [0.2, 0.25) is 0 Å². The van der Waals surface area contributed by atoms with Gasteiger partial charge in [0.2, 0.25) is 0 Å². The Morgan fingerprint density at radius 3 is 2.85 bits per heavy atom. The number of nitro groups is 1. The molecular weight excluding hydrogens is 326 g/mol. The average molecular weight is 344 g/mol. The summed E-state index contributed by atoms with van der Waals surface area (Å²) in [4.78, 5) is 14.3. The molecule has 0 aromatic carbocycles. The fourth-order valence-electron chi connectivity index (χ4n) is 2.41. The van der Waals surface area contributed by atoms with Crippen molar-refractivity contribution in [1.82, 2.24) is 4.98 Å². The maximum Gasteiger partial charge on any atom is 0.288 e. The molecule has 1 heterocycles. The number of halogens is 1. The second-order valence-corrected chi connectivity index (χ2v) is 6.33. The number of hydrogen-bond acceptors (Lipinski definition) is 5. The Labute approximate surface area is 126 Å². The molecule has 20 heavy (non-hydrogen) atoms. The number of aromatic nitrogens is 1. The number of nitrogens with zero attached hydrogens (tertiary/aromatic N) is 2. The molecule has 0 saturated heterocycles. The zero-order valence-electron chi connectivity index (χ0n) is 11.7. The standard InChI is InChI=1S/C13H18BrN3O3/c1-4-20-11-6-10(13(11,2)3)16-12-9(14)5-8(7-15-12)17(18)19/h5,7,10-11H,4,6H2,1-3H3,(H,15,16). The molecule has 1 N–H and O–H groups in total. The highest BCUT2D eigenvalue weighted by molar-refractivity contribution is 9.10. The van der Waals surface area contributed by atoms with E-state index in [1.807, 2.05) is 6.92 Å².